The third-order valence-corrected chi connectivity index (χ3v) is 11.4. The van der Waals surface area contributed by atoms with Crippen LogP contribution in [0.2, 0.25) is 0 Å². The van der Waals surface area contributed by atoms with Gasteiger partial charge in [-0.1, -0.05) is 91.0 Å². The van der Waals surface area contributed by atoms with Crippen molar-refractivity contribution in [2.45, 2.75) is 20.8 Å². The molecule has 0 aromatic heterocycles. The molecular formula is C26H36O5Si2. The van der Waals surface area contributed by atoms with E-state index in [9.17, 15) is 0 Å². The largest absolute Gasteiger partial charge is 0.537 e. The smallest absolute Gasteiger partial charge is 0.391 e. The van der Waals surface area contributed by atoms with Crippen LogP contribution in [0.5, 0.6) is 0 Å². The van der Waals surface area contributed by atoms with Gasteiger partial charge in [-0.2, -0.15) is 0 Å². The number of rotatable bonds is 11. The Morgan fingerprint density at radius 2 is 0.788 bits per heavy atom. The second-order valence-corrected chi connectivity index (χ2v) is 12.7. The van der Waals surface area contributed by atoms with Crippen LogP contribution in [0.1, 0.15) is 20.8 Å². The summed E-state index contributed by atoms with van der Waals surface area (Å²) < 4.78 is 28.9. The van der Waals surface area contributed by atoms with Crippen molar-refractivity contribution in [1.82, 2.24) is 0 Å². The molecule has 0 unspecified atom stereocenters. The molecule has 0 N–H and O–H groups in total. The lowest BCUT2D eigenvalue weighted by Crippen LogP contribution is -2.62. The van der Waals surface area contributed by atoms with Gasteiger partial charge in [0.05, 0.1) is 0 Å². The molecule has 5 nitrogen and oxygen atoms in total. The van der Waals surface area contributed by atoms with E-state index in [0.29, 0.717) is 19.8 Å². The molecule has 0 atom stereocenters. The predicted octanol–water partition coefficient (Wildman–Crippen LogP) is 3.48. The van der Waals surface area contributed by atoms with Crippen LogP contribution in [0.15, 0.2) is 91.0 Å². The number of hydrogen-bond donors (Lipinski definition) is 0. The van der Waals surface area contributed by atoms with Crippen LogP contribution in [-0.2, 0) is 22.1 Å². The Kier molecular flexibility index (Phi) is 11.7. The van der Waals surface area contributed by atoms with Crippen molar-refractivity contribution in [2.75, 3.05) is 34.0 Å². The Bertz CT molecular complexity index is 832. The Morgan fingerprint density at radius 1 is 0.485 bits per heavy atom. The summed E-state index contributed by atoms with van der Waals surface area (Å²) in [6.45, 7) is 7.68. The van der Waals surface area contributed by atoms with Crippen LogP contribution in [0.25, 0.3) is 0 Å². The molecule has 3 aromatic carbocycles. The lowest BCUT2D eigenvalue weighted by molar-refractivity contribution is 0.0859. The van der Waals surface area contributed by atoms with Gasteiger partial charge in [0.15, 0.2) is 0 Å². The summed E-state index contributed by atoms with van der Waals surface area (Å²) >= 11 is 0. The van der Waals surface area contributed by atoms with Crippen LogP contribution in [0, 0.1) is 0 Å². The third-order valence-electron chi connectivity index (χ3n) is 5.01. The standard InChI is InChI=1S/C14H16O2Si.C12H20O3Si/c1-15-17(16-2,13-9-5-3-6-10-13)14-11-7-4-8-12-14;1-4-13-16(14-5-2,15-6-3)12-10-8-7-9-11-12/h3-12H,1-2H3;7-11H,4-6H2,1-3H3. The van der Waals surface area contributed by atoms with Crippen LogP contribution in [0.3, 0.4) is 0 Å². The fraction of sp³-hybridized carbons (Fsp3) is 0.308. The van der Waals surface area contributed by atoms with E-state index in [4.69, 9.17) is 22.1 Å². The van der Waals surface area contributed by atoms with Gasteiger partial charge in [0, 0.05) is 39.2 Å². The summed E-state index contributed by atoms with van der Waals surface area (Å²) in [5.74, 6) is 0. The molecule has 3 rings (SSSR count). The van der Waals surface area contributed by atoms with Crippen LogP contribution in [-0.4, -0.2) is 51.4 Å². The van der Waals surface area contributed by atoms with E-state index < -0.39 is 17.4 Å². The SMILES string of the molecule is CCO[Si](OCC)(OCC)c1ccccc1.CO[Si](OC)(c1ccccc1)c1ccccc1. The first kappa shape index (κ1) is 27.1. The number of hydrogen-bond acceptors (Lipinski definition) is 5. The minimum atomic E-state index is -2.67. The zero-order chi connectivity index (χ0) is 24.0. The van der Waals surface area contributed by atoms with Gasteiger partial charge in [0.2, 0.25) is 0 Å². The zero-order valence-corrected chi connectivity index (χ0v) is 22.3. The number of benzene rings is 3. The van der Waals surface area contributed by atoms with Crippen molar-refractivity contribution in [3.8, 4) is 0 Å². The van der Waals surface area contributed by atoms with Gasteiger partial charge >= 0.3 is 17.4 Å². The molecule has 0 radical (unpaired) electrons. The normalized spacial score (nSPS) is 11.5. The molecule has 0 fully saturated rings. The molecule has 0 aliphatic rings. The van der Waals surface area contributed by atoms with Gasteiger partial charge in [0.25, 0.3) is 0 Å². The molecule has 0 spiro atoms. The lowest BCUT2D eigenvalue weighted by Gasteiger charge is -2.28. The van der Waals surface area contributed by atoms with Gasteiger partial charge in [0.1, 0.15) is 0 Å². The summed E-state index contributed by atoms with van der Waals surface area (Å²) in [6.07, 6.45) is 0. The first-order valence-electron chi connectivity index (χ1n) is 11.3. The van der Waals surface area contributed by atoms with Crippen LogP contribution < -0.4 is 15.6 Å². The minimum Gasteiger partial charge on any atom is -0.391 e. The Morgan fingerprint density at radius 3 is 1.06 bits per heavy atom. The molecular weight excluding hydrogens is 448 g/mol. The lowest BCUT2D eigenvalue weighted by atomic mass is 10.4. The molecule has 0 bridgehead atoms. The molecule has 0 heterocycles. The zero-order valence-electron chi connectivity index (χ0n) is 20.3. The third kappa shape index (κ3) is 6.94. The molecule has 0 saturated heterocycles. The summed E-state index contributed by atoms with van der Waals surface area (Å²) in [5.41, 5.74) is 0. The monoisotopic (exact) mass is 484 g/mol. The second kappa shape index (κ2) is 14.2. The van der Waals surface area contributed by atoms with Crippen molar-refractivity contribution in [3.63, 3.8) is 0 Å². The Balaban J connectivity index is 0.000000234. The van der Waals surface area contributed by atoms with E-state index in [2.05, 4.69) is 24.3 Å². The van der Waals surface area contributed by atoms with Gasteiger partial charge in [-0.05, 0) is 31.1 Å². The quantitative estimate of drug-likeness (QED) is 0.390. The van der Waals surface area contributed by atoms with E-state index in [1.807, 2.05) is 87.5 Å². The van der Waals surface area contributed by atoms with Crippen LogP contribution in [0.4, 0.5) is 0 Å². The molecule has 0 aliphatic heterocycles. The maximum absolute atomic E-state index is 5.79. The molecule has 0 saturated carbocycles. The van der Waals surface area contributed by atoms with Crippen molar-refractivity contribution < 1.29 is 22.1 Å². The average molecular weight is 485 g/mol. The summed E-state index contributed by atoms with van der Waals surface area (Å²) in [6, 6.07) is 30.2. The molecule has 33 heavy (non-hydrogen) atoms. The summed E-state index contributed by atoms with van der Waals surface area (Å²) in [5, 5.41) is 3.27. The Hall–Kier alpha value is -2.11. The molecule has 0 aliphatic carbocycles. The fourth-order valence-corrected chi connectivity index (χ4v) is 8.82. The van der Waals surface area contributed by atoms with Crippen molar-refractivity contribution in [2.24, 2.45) is 0 Å². The van der Waals surface area contributed by atoms with Crippen molar-refractivity contribution in [1.29, 1.82) is 0 Å². The summed E-state index contributed by atoms with van der Waals surface area (Å²) in [4.78, 5) is 0. The minimum absolute atomic E-state index is 0.598. The first-order chi connectivity index (χ1) is 16.1. The van der Waals surface area contributed by atoms with Gasteiger partial charge in [-0.15, -0.1) is 0 Å². The molecule has 7 heteroatoms. The second-order valence-electron chi connectivity index (χ2n) is 6.98. The van der Waals surface area contributed by atoms with E-state index in [1.54, 1.807) is 14.2 Å². The van der Waals surface area contributed by atoms with E-state index in [-0.39, 0.29) is 0 Å². The average Bonchev–Trinajstić information content (AvgIpc) is 2.88. The van der Waals surface area contributed by atoms with Gasteiger partial charge in [-0.25, -0.2) is 0 Å². The predicted molar refractivity (Wildman–Crippen MR) is 139 cm³/mol. The highest BCUT2D eigenvalue weighted by Crippen LogP contribution is 2.10. The highest BCUT2D eigenvalue weighted by atomic mass is 28.4. The maximum atomic E-state index is 5.79. The fourth-order valence-electron chi connectivity index (χ4n) is 3.62. The van der Waals surface area contributed by atoms with Crippen molar-refractivity contribution in [3.05, 3.63) is 91.0 Å². The first-order valence-corrected chi connectivity index (χ1v) is 14.8. The van der Waals surface area contributed by atoms with E-state index >= 15 is 0 Å². The van der Waals surface area contributed by atoms with Crippen LogP contribution >= 0.6 is 0 Å². The van der Waals surface area contributed by atoms with E-state index in [1.165, 1.54) is 0 Å². The van der Waals surface area contributed by atoms with Gasteiger partial charge in [-0.3, -0.25) is 0 Å². The maximum Gasteiger partial charge on any atom is 0.537 e. The van der Waals surface area contributed by atoms with Crippen molar-refractivity contribution >= 4 is 32.9 Å². The Labute approximate surface area is 200 Å². The van der Waals surface area contributed by atoms with E-state index in [0.717, 1.165) is 15.6 Å². The molecule has 178 valence electrons. The highest BCUT2D eigenvalue weighted by molar-refractivity contribution is 6.92. The van der Waals surface area contributed by atoms with Gasteiger partial charge < -0.3 is 22.1 Å². The molecule has 0 amide bonds. The topological polar surface area (TPSA) is 46.2 Å². The molecule has 3 aromatic rings. The highest BCUT2D eigenvalue weighted by Gasteiger charge is 2.43. The summed E-state index contributed by atoms with van der Waals surface area (Å²) in [7, 11) is -1.73.